The fraction of sp³-hybridized carbons (Fsp3) is 0.0769. The summed E-state index contributed by atoms with van der Waals surface area (Å²) in [6, 6.07) is 7.22. The fourth-order valence-corrected chi connectivity index (χ4v) is 1.56. The molecule has 2 rings (SSSR count). The molecule has 0 fully saturated rings. The Labute approximate surface area is 113 Å². The van der Waals surface area contributed by atoms with Crippen molar-refractivity contribution >= 4 is 11.7 Å². The number of nitro groups is 1. The van der Waals surface area contributed by atoms with Gasteiger partial charge in [0.25, 0.3) is 5.69 Å². The monoisotopic (exact) mass is 274 g/mol. The number of hydrogen-bond acceptors (Lipinski definition) is 5. The number of nitrogens with zero attached hydrogens (tertiary/aromatic N) is 2. The van der Waals surface area contributed by atoms with Gasteiger partial charge < -0.3 is 9.84 Å². The van der Waals surface area contributed by atoms with E-state index in [9.17, 15) is 14.9 Å². The third-order valence-electron chi connectivity index (χ3n) is 2.58. The van der Waals surface area contributed by atoms with Crippen LogP contribution in [0.1, 0.15) is 15.9 Å². The van der Waals surface area contributed by atoms with E-state index in [2.05, 4.69) is 4.98 Å². The maximum Gasteiger partial charge on any atom is 0.335 e. The Balaban J connectivity index is 2.19. The van der Waals surface area contributed by atoms with E-state index >= 15 is 0 Å². The molecular weight excluding hydrogens is 264 g/mol. The van der Waals surface area contributed by atoms with Crippen LogP contribution < -0.4 is 4.74 Å². The lowest BCUT2D eigenvalue weighted by molar-refractivity contribution is -0.385. The molecule has 7 nitrogen and oxygen atoms in total. The number of hydrogen-bond donors (Lipinski definition) is 1. The van der Waals surface area contributed by atoms with Crippen LogP contribution in [-0.4, -0.2) is 21.0 Å². The fourth-order valence-electron chi connectivity index (χ4n) is 1.56. The molecule has 20 heavy (non-hydrogen) atoms. The number of aromatic carboxylic acids is 1. The molecule has 0 aliphatic heterocycles. The Kier molecular flexibility index (Phi) is 3.60. The van der Waals surface area contributed by atoms with E-state index in [1.165, 1.54) is 30.3 Å². The minimum Gasteiger partial charge on any atom is -0.478 e. The van der Waals surface area contributed by atoms with E-state index in [1.807, 2.05) is 0 Å². The summed E-state index contributed by atoms with van der Waals surface area (Å²) in [5.74, 6) is -0.423. The van der Waals surface area contributed by atoms with Crippen LogP contribution in [0.15, 0.2) is 36.5 Å². The molecule has 0 aliphatic rings. The number of carboxylic acids is 1. The molecule has 1 N–H and O–H groups in total. The van der Waals surface area contributed by atoms with Gasteiger partial charge in [-0.25, -0.2) is 9.78 Å². The first-order valence-corrected chi connectivity index (χ1v) is 5.59. The topological polar surface area (TPSA) is 103 Å². The molecular formula is C13H10N2O5. The Bertz CT molecular complexity index is 667. The predicted octanol–water partition coefficient (Wildman–Crippen LogP) is 2.79. The highest BCUT2D eigenvalue weighted by Crippen LogP contribution is 2.24. The smallest absolute Gasteiger partial charge is 0.335 e. The maximum atomic E-state index is 10.7. The Morgan fingerprint density at radius 1 is 1.35 bits per heavy atom. The summed E-state index contributed by atoms with van der Waals surface area (Å²) < 4.78 is 5.40. The van der Waals surface area contributed by atoms with Crippen LogP contribution in [0.2, 0.25) is 0 Å². The highest BCUT2D eigenvalue weighted by atomic mass is 16.6. The Morgan fingerprint density at radius 2 is 2.00 bits per heavy atom. The summed E-state index contributed by atoms with van der Waals surface area (Å²) in [6.45, 7) is 1.58. The van der Waals surface area contributed by atoms with Crippen LogP contribution in [-0.2, 0) is 0 Å². The van der Waals surface area contributed by atoms with Crippen molar-refractivity contribution in [3.8, 4) is 11.6 Å². The first-order valence-electron chi connectivity index (χ1n) is 5.59. The third kappa shape index (κ3) is 2.89. The number of rotatable bonds is 4. The maximum absolute atomic E-state index is 10.7. The van der Waals surface area contributed by atoms with E-state index in [4.69, 9.17) is 9.84 Å². The molecule has 2 aromatic rings. The number of aromatic nitrogens is 1. The Hall–Kier alpha value is -2.96. The van der Waals surface area contributed by atoms with Crippen molar-refractivity contribution in [2.24, 2.45) is 0 Å². The van der Waals surface area contributed by atoms with Gasteiger partial charge in [0, 0.05) is 11.6 Å². The molecule has 0 spiro atoms. The summed E-state index contributed by atoms with van der Waals surface area (Å²) in [7, 11) is 0. The molecule has 0 saturated heterocycles. The highest BCUT2D eigenvalue weighted by Gasteiger charge is 2.12. The van der Waals surface area contributed by atoms with Crippen LogP contribution >= 0.6 is 0 Å². The van der Waals surface area contributed by atoms with E-state index in [0.717, 1.165) is 6.20 Å². The molecule has 0 unspecified atom stereocenters. The molecule has 0 aliphatic carbocycles. The quantitative estimate of drug-likeness (QED) is 0.679. The van der Waals surface area contributed by atoms with Gasteiger partial charge in [0.2, 0.25) is 5.88 Å². The SMILES string of the molecule is Cc1cc(Oc2ccc(C(=O)O)cc2)ncc1[N+](=O)[O-]. The van der Waals surface area contributed by atoms with Crippen LogP contribution in [0.3, 0.4) is 0 Å². The van der Waals surface area contributed by atoms with Crippen molar-refractivity contribution in [3.63, 3.8) is 0 Å². The van der Waals surface area contributed by atoms with Gasteiger partial charge in [0.05, 0.1) is 10.5 Å². The molecule has 7 heteroatoms. The molecule has 1 heterocycles. The minimum atomic E-state index is -1.03. The highest BCUT2D eigenvalue weighted by molar-refractivity contribution is 5.87. The van der Waals surface area contributed by atoms with Gasteiger partial charge in [-0.2, -0.15) is 0 Å². The van der Waals surface area contributed by atoms with Gasteiger partial charge in [-0.3, -0.25) is 10.1 Å². The summed E-state index contributed by atoms with van der Waals surface area (Å²) >= 11 is 0. The summed E-state index contributed by atoms with van der Waals surface area (Å²) in [5, 5.41) is 19.4. The van der Waals surface area contributed by atoms with Crippen molar-refractivity contribution < 1.29 is 19.6 Å². The molecule has 1 aromatic carbocycles. The molecule has 0 atom stereocenters. The molecule has 0 amide bonds. The van der Waals surface area contributed by atoms with Gasteiger partial charge in [0.15, 0.2) is 0 Å². The van der Waals surface area contributed by atoms with Gasteiger partial charge in [0.1, 0.15) is 11.9 Å². The van der Waals surface area contributed by atoms with Gasteiger partial charge in [-0.15, -0.1) is 0 Å². The number of benzene rings is 1. The molecule has 1 aromatic heterocycles. The first-order chi connectivity index (χ1) is 9.47. The average Bonchev–Trinajstić information content (AvgIpc) is 2.39. The molecule has 102 valence electrons. The van der Waals surface area contributed by atoms with Crippen molar-refractivity contribution in [1.29, 1.82) is 0 Å². The lowest BCUT2D eigenvalue weighted by Gasteiger charge is -2.05. The summed E-state index contributed by atoms with van der Waals surface area (Å²) in [4.78, 5) is 24.7. The lowest BCUT2D eigenvalue weighted by atomic mass is 10.2. The number of pyridine rings is 1. The normalized spacial score (nSPS) is 10.1. The average molecular weight is 274 g/mol. The zero-order valence-corrected chi connectivity index (χ0v) is 10.4. The summed E-state index contributed by atoms with van der Waals surface area (Å²) in [5.41, 5.74) is 0.492. The second-order valence-electron chi connectivity index (χ2n) is 4.00. The molecule has 0 radical (unpaired) electrons. The third-order valence-corrected chi connectivity index (χ3v) is 2.58. The minimum absolute atomic E-state index is 0.0847. The number of carbonyl (C=O) groups is 1. The summed E-state index contributed by atoms with van der Waals surface area (Å²) in [6.07, 6.45) is 1.12. The van der Waals surface area contributed by atoms with Gasteiger partial charge >= 0.3 is 5.97 Å². The van der Waals surface area contributed by atoms with Crippen LogP contribution in [0, 0.1) is 17.0 Å². The predicted molar refractivity (Wildman–Crippen MR) is 69.1 cm³/mol. The van der Waals surface area contributed by atoms with E-state index in [1.54, 1.807) is 6.92 Å². The Morgan fingerprint density at radius 3 is 2.50 bits per heavy atom. The van der Waals surface area contributed by atoms with E-state index in [-0.39, 0.29) is 17.1 Å². The van der Waals surface area contributed by atoms with Crippen molar-refractivity contribution in [2.45, 2.75) is 6.92 Å². The van der Waals surface area contributed by atoms with Gasteiger partial charge in [-0.05, 0) is 31.2 Å². The number of aryl methyl sites for hydroxylation is 1. The van der Waals surface area contributed by atoms with E-state index in [0.29, 0.717) is 11.3 Å². The zero-order valence-electron chi connectivity index (χ0n) is 10.4. The van der Waals surface area contributed by atoms with Crippen LogP contribution in [0.5, 0.6) is 11.6 Å². The standard InChI is InChI=1S/C13H10N2O5/c1-8-6-12(14-7-11(8)15(18)19)20-10-4-2-9(3-5-10)13(16)17/h2-7H,1H3,(H,16,17). The van der Waals surface area contributed by atoms with Crippen LogP contribution in [0.25, 0.3) is 0 Å². The van der Waals surface area contributed by atoms with Gasteiger partial charge in [-0.1, -0.05) is 0 Å². The van der Waals surface area contributed by atoms with Crippen molar-refractivity contribution in [3.05, 3.63) is 57.8 Å². The van der Waals surface area contributed by atoms with Crippen molar-refractivity contribution in [1.82, 2.24) is 4.98 Å². The number of ether oxygens (including phenoxy) is 1. The second kappa shape index (κ2) is 5.35. The lowest BCUT2D eigenvalue weighted by Crippen LogP contribution is -1.97. The van der Waals surface area contributed by atoms with E-state index < -0.39 is 10.9 Å². The molecule has 0 saturated carbocycles. The zero-order chi connectivity index (χ0) is 14.7. The number of carboxylic acid groups (broad SMARTS) is 1. The van der Waals surface area contributed by atoms with Crippen molar-refractivity contribution in [2.75, 3.05) is 0 Å². The largest absolute Gasteiger partial charge is 0.478 e. The first kappa shape index (κ1) is 13.5. The molecule has 0 bridgehead atoms. The second-order valence-corrected chi connectivity index (χ2v) is 4.00. The van der Waals surface area contributed by atoms with Crippen LogP contribution in [0.4, 0.5) is 5.69 Å².